The lowest BCUT2D eigenvalue weighted by Crippen LogP contribution is -2.27. The number of amides is 1. The van der Waals surface area contributed by atoms with Gasteiger partial charge in [-0.15, -0.1) is 0 Å². The monoisotopic (exact) mass is 255 g/mol. The van der Waals surface area contributed by atoms with E-state index in [2.05, 4.69) is 4.98 Å². The van der Waals surface area contributed by atoms with Gasteiger partial charge in [-0.2, -0.15) is 0 Å². The van der Waals surface area contributed by atoms with E-state index in [-0.39, 0.29) is 5.91 Å². The van der Waals surface area contributed by atoms with Gasteiger partial charge in [-0.1, -0.05) is 12.1 Å². The van der Waals surface area contributed by atoms with E-state index in [0.717, 1.165) is 11.3 Å². The molecule has 19 heavy (non-hydrogen) atoms. The number of pyridine rings is 1. The van der Waals surface area contributed by atoms with E-state index in [1.165, 1.54) is 0 Å². The molecule has 0 saturated carbocycles. The standard InChI is InChI=1S/C15H17N3O/c1-11-6-7-13(14(16)9-11)15(19)18(2)10-12-5-3-4-8-17-12/h3-9H,10,16H2,1-2H3. The fourth-order valence-corrected chi connectivity index (χ4v) is 1.89. The maximum Gasteiger partial charge on any atom is 0.256 e. The molecular formula is C15H17N3O. The van der Waals surface area contributed by atoms with E-state index in [1.54, 1.807) is 24.2 Å². The Bertz CT molecular complexity index is 581. The minimum absolute atomic E-state index is 0.0943. The van der Waals surface area contributed by atoms with Crippen LogP contribution in [-0.2, 0) is 6.54 Å². The molecule has 1 heterocycles. The average molecular weight is 255 g/mol. The second-order valence-electron chi connectivity index (χ2n) is 4.57. The Morgan fingerprint density at radius 2 is 2.11 bits per heavy atom. The van der Waals surface area contributed by atoms with Crippen LogP contribution in [0.1, 0.15) is 21.6 Å². The van der Waals surface area contributed by atoms with Crippen molar-refractivity contribution >= 4 is 11.6 Å². The lowest BCUT2D eigenvalue weighted by Gasteiger charge is -2.18. The number of nitrogens with two attached hydrogens (primary N) is 1. The van der Waals surface area contributed by atoms with Crippen molar-refractivity contribution in [1.29, 1.82) is 0 Å². The van der Waals surface area contributed by atoms with Gasteiger partial charge >= 0.3 is 0 Å². The first kappa shape index (κ1) is 13.1. The minimum atomic E-state index is -0.0943. The third kappa shape index (κ3) is 3.10. The Morgan fingerprint density at radius 3 is 2.74 bits per heavy atom. The number of carbonyl (C=O) groups is 1. The van der Waals surface area contributed by atoms with E-state index in [1.807, 2.05) is 37.3 Å². The molecule has 0 atom stereocenters. The molecule has 0 aliphatic rings. The van der Waals surface area contributed by atoms with Gasteiger partial charge in [0.05, 0.1) is 17.8 Å². The predicted octanol–water partition coefficient (Wildman–Crippen LogP) is 2.24. The normalized spacial score (nSPS) is 10.2. The summed E-state index contributed by atoms with van der Waals surface area (Å²) < 4.78 is 0. The summed E-state index contributed by atoms with van der Waals surface area (Å²) in [6.07, 6.45) is 1.72. The summed E-state index contributed by atoms with van der Waals surface area (Å²) >= 11 is 0. The van der Waals surface area contributed by atoms with Crippen LogP contribution < -0.4 is 5.73 Å². The van der Waals surface area contributed by atoms with Crippen LogP contribution >= 0.6 is 0 Å². The van der Waals surface area contributed by atoms with Crippen LogP contribution in [0, 0.1) is 6.92 Å². The van der Waals surface area contributed by atoms with Crippen molar-refractivity contribution in [3.63, 3.8) is 0 Å². The molecule has 0 radical (unpaired) electrons. The summed E-state index contributed by atoms with van der Waals surface area (Å²) in [6, 6.07) is 11.1. The van der Waals surface area contributed by atoms with Crippen LogP contribution in [0.4, 0.5) is 5.69 Å². The van der Waals surface area contributed by atoms with Gasteiger partial charge < -0.3 is 10.6 Å². The Morgan fingerprint density at radius 1 is 1.32 bits per heavy atom. The van der Waals surface area contributed by atoms with Crippen LogP contribution in [0.2, 0.25) is 0 Å². The molecule has 2 N–H and O–H groups in total. The van der Waals surface area contributed by atoms with E-state index in [0.29, 0.717) is 17.8 Å². The number of aryl methyl sites for hydroxylation is 1. The minimum Gasteiger partial charge on any atom is -0.398 e. The summed E-state index contributed by atoms with van der Waals surface area (Å²) in [6.45, 7) is 2.41. The predicted molar refractivity (Wildman–Crippen MR) is 75.6 cm³/mol. The fourth-order valence-electron chi connectivity index (χ4n) is 1.89. The smallest absolute Gasteiger partial charge is 0.256 e. The van der Waals surface area contributed by atoms with Gasteiger partial charge in [-0.25, -0.2) is 0 Å². The van der Waals surface area contributed by atoms with Crippen LogP contribution in [0.5, 0.6) is 0 Å². The second kappa shape index (κ2) is 5.52. The first-order valence-electron chi connectivity index (χ1n) is 6.09. The van der Waals surface area contributed by atoms with Crippen molar-refractivity contribution in [2.24, 2.45) is 0 Å². The molecule has 1 aromatic carbocycles. The molecule has 1 aromatic heterocycles. The Kier molecular flexibility index (Phi) is 3.80. The van der Waals surface area contributed by atoms with Crippen LogP contribution in [0.3, 0.4) is 0 Å². The Balaban J connectivity index is 2.15. The molecule has 98 valence electrons. The lowest BCUT2D eigenvalue weighted by molar-refractivity contribution is 0.0784. The van der Waals surface area contributed by atoms with Crippen molar-refractivity contribution in [2.45, 2.75) is 13.5 Å². The number of nitrogen functional groups attached to an aromatic ring is 1. The molecule has 4 nitrogen and oxygen atoms in total. The molecular weight excluding hydrogens is 238 g/mol. The second-order valence-corrected chi connectivity index (χ2v) is 4.57. The molecule has 1 amide bonds. The molecule has 0 bridgehead atoms. The maximum absolute atomic E-state index is 12.3. The third-order valence-corrected chi connectivity index (χ3v) is 2.91. The quantitative estimate of drug-likeness (QED) is 0.856. The number of carbonyl (C=O) groups excluding carboxylic acids is 1. The molecule has 0 aliphatic carbocycles. The first-order chi connectivity index (χ1) is 9.08. The third-order valence-electron chi connectivity index (χ3n) is 2.91. The highest BCUT2D eigenvalue weighted by Crippen LogP contribution is 2.16. The molecule has 0 aliphatic heterocycles. The number of hydrogen-bond donors (Lipinski definition) is 1. The van der Waals surface area contributed by atoms with E-state index < -0.39 is 0 Å². The molecule has 4 heteroatoms. The van der Waals surface area contributed by atoms with Gasteiger partial charge in [0.1, 0.15) is 0 Å². The van der Waals surface area contributed by atoms with E-state index in [9.17, 15) is 4.79 Å². The first-order valence-corrected chi connectivity index (χ1v) is 6.09. The maximum atomic E-state index is 12.3. The molecule has 2 rings (SSSR count). The highest BCUT2D eigenvalue weighted by Gasteiger charge is 2.15. The van der Waals surface area contributed by atoms with Gasteiger partial charge in [0.2, 0.25) is 0 Å². The van der Waals surface area contributed by atoms with Crippen molar-refractivity contribution in [3.8, 4) is 0 Å². The van der Waals surface area contributed by atoms with Gasteiger partial charge in [-0.3, -0.25) is 9.78 Å². The lowest BCUT2D eigenvalue weighted by atomic mass is 10.1. The fraction of sp³-hybridized carbons (Fsp3) is 0.200. The molecule has 0 spiro atoms. The SMILES string of the molecule is Cc1ccc(C(=O)N(C)Cc2ccccn2)c(N)c1. The average Bonchev–Trinajstić information content (AvgIpc) is 2.39. The van der Waals surface area contributed by atoms with Crippen LogP contribution in [-0.4, -0.2) is 22.8 Å². The highest BCUT2D eigenvalue weighted by molar-refractivity contribution is 5.99. The van der Waals surface area contributed by atoms with Gasteiger partial charge in [0, 0.05) is 18.9 Å². The van der Waals surface area contributed by atoms with Gasteiger partial charge in [0.15, 0.2) is 0 Å². The summed E-state index contributed by atoms with van der Waals surface area (Å²) in [7, 11) is 1.75. The van der Waals surface area contributed by atoms with Gasteiger partial charge in [-0.05, 0) is 36.8 Å². The zero-order chi connectivity index (χ0) is 13.8. The van der Waals surface area contributed by atoms with Crippen LogP contribution in [0.15, 0.2) is 42.6 Å². The number of anilines is 1. The summed E-state index contributed by atoms with van der Waals surface area (Å²) in [5.41, 5.74) is 8.83. The number of benzene rings is 1. The number of hydrogen-bond acceptors (Lipinski definition) is 3. The van der Waals surface area contributed by atoms with Crippen LogP contribution in [0.25, 0.3) is 0 Å². The Hall–Kier alpha value is -2.36. The number of rotatable bonds is 3. The summed E-state index contributed by atoms with van der Waals surface area (Å²) in [5.74, 6) is -0.0943. The summed E-state index contributed by atoms with van der Waals surface area (Å²) in [5, 5.41) is 0. The summed E-state index contributed by atoms with van der Waals surface area (Å²) in [4.78, 5) is 18.1. The number of aromatic nitrogens is 1. The molecule has 2 aromatic rings. The highest BCUT2D eigenvalue weighted by atomic mass is 16.2. The largest absolute Gasteiger partial charge is 0.398 e. The number of nitrogens with zero attached hydrogens (tertiary/aromatic N) is 2. The molecule has 0 saturated heterocycles. The van der Waals surface area contributed by atoms with Crippen molar-refractivity contribution < 1.29 is 4.79 Å². The Labute approximate surface area is 112 Å². The zero-order valence-corrected chi connectivity index (χ0v) is 11.1. The van der Waals surface area contributed by atoms with Crippen molar-refractivity contribution in [2.75, 3.05) is 12.8 Å². The van der Waals surface area contributed by atoms with E-state index >= 15 is 0 Å². The zero-order valence-electron chi connectivity index (χ0n) is 11.1. The molecule has 0 fully saturated rings. The van der Waals surface area contributed by atoms with Crippen molar-refractivity contribution in [1.82, 2.24) is 9.88 Å². The topological polar surface area (TPSA) is 59.2 Å². The van der Waals surface area contributed by atoms with Crippen molar-refractivity contribution in [3.05, 3.63) is 59.4 Å². The van der Waals surface area contributed by atoms with E-state index in [4.69, 9.17) is 5.73 Å². The molecule has 0 unspecified atom stereocenters. The van der Waals surface area contributed by atoms with Gasteiger partial charge in [0.25, 0.3) is 5.91 Å².